The van der Waals surface area contributed by atoms with Crippen molar-refractivity contribution in [3.63, 3.8) is 0 Å². The Balaban J connectivity index is 1.48. The van der Waals surface area contributed by atoms with Crippen LogP contribution in [0.25, 0.3) is 0 Å². The van der Waals surface area contributed by atoms with Crippen LogP contribution in [0.1, 0.15) is 91.9 Å². The van der Waals surface area contributed by atoms with Gasteiger partial charge in [0.2, 0.25) is 0 Å². The predicted molar refractivity (Wildman–Crippen MR) is 118 cm³/mol. The molecule has 4 aliphatic carbocycles. The number of nitrogens with one attached hydrogen (secondary N) is 1. The van der Waals surface area contributed by atoms with Crippen molar-refractivity contribution >= 4 is 0 Å². The fourth-order valence-electron chi connectivity index (χ4n) is 8.30. The molecule has 8 atom stereocenters. The smallest absolute Gasteiger partial charge is 0.0543 e. The van der Waals surface area contributed by atoms with Crippen LogP contribution in [0.15, 0.2) is 11.6 Å². The second-order valence-corrected chi connectivity index (χ2v) is 11.4. The molecule has 28 heavy (non-hydrogen) atoms. The number of aliphatic hydroxyl groups is 1. The van der Waals surface area contributed by atoms with Gasteiger partial charge in [-0.25, -0.2) is 0 Å². The van der Waals surface area contributed by atoms with E-state index in [4.69, 9.17) is 0 Å². The van der Waals surface area contributed by atoms with Crippen molar-refractivity contribution in [1.82, 2.24) is 5.32 Å². The summed E-state index contributed by atoms with van der Waals surface area (Å²) < 4.78 is 0. The van der Waals surface area contributed by atoms with Gasteiger partial charge < -0.3 is 10.4 Å². The summed E-state index contributed by atoms with van der Waals surface area (Å²) in [4.78, 5) is 0. The van der Waals surface area contributed by atoms with Crippen molar-refractivity contribution < 1.29 is 5.11 Å². The number of aliphatic hydroxyl groups excluding tert-OH is 1. The van der Waals surface area contributed by atoms with Crippen molar-refractivity contribution in [3.8, 4) is 0 Å². The molecule has 4 aliphatic rings. The monoisotopic (exact) mass is 387 g/mol. The summed E-state index contributed by atoms with van der Waals surface area (Å²) in [6.45, 7) is 12.4. The quantitative estimate of drug-likeness (QED) is 0.436. The molecule has 0 bridgehead atoms. The molecule has 2 nitrogen and oxygen atoms in total. The number of hydrogen-bond donors (Lipinski definition) is 2. The van der Waals surface area contributed by atoms with Crippen LogP contribution in [0.2, 0.25) is 0 Å². The lowest BCUT2D eigenvalue weighted by Gasteiger charge is -2.57. The highest BCUT2D eigenvalue weighted by molar-refractivity contribution is 5.27. The molecule has 0 radical (unpaired) electrons. The number of rotatable bonds is 6. The van der Waals surface area contributed by atoms with Gasteiger partial charge in [-0.2, -0.15) is 0 Å². The van der Waals surface area contributed by atoms with E-state index in [2.05, 4.69) is 39.1 Å². The van der Waals surface area contributed by atoms with E-state index in [0.717, 1.165) is 42.4 Å². The molecule has 0 aliphatic heterocycles. The van der Waals surface area contributed by atoms with E-state index in [-0.39, 0.29) is 6.10 Å². The maximum atomic E-state index is 10.2. The van der Waals surface area contributed by atoms with E-state index in [1.807, 2.05) is 5.57 Å². The van der Waals surface area contributed by atoms with E-state index in [9.17, 15) is 5.11 Å². The number of allylic oxidation sites excluding steroid dienone is 2. The number of fused-ring (bicyclic) bond motifs is 5. The first-order valence-electron chi connectivity index (χ1n) is 12.5. The lowest BCUT2D eigenvalue weighted by Crippen LogP contribution is -2.50. The van der Waals surface area contributed by atoms with E-state index >= 15 is 0 Å². The molecule has 0 heterocycles. The van der Waals surface area contributed by atoms with Gasteiger partial charge in [0.15, 0.2) is 0 Å². The average Bonchev–Trinajstić information content (AvgIpc) is 3.03. The van der Waals surface area contributed by atoms with E-state index in [1.54, 1.807) is 0 Å². The molecule has 4 rings (SSSR count). The van der Waals surface area contributed by atoms with Crippen LogP contribution in [0, 0.1) is 40.4 Å². The minimum atomic E-state index is -0.0418. The third-order valence-electron chi connectivity index (χ3n) is 10.0. The van der Waals surface area contributed by atoms with Crippen LogP contribution >= 0.6 is 0 Å². The lowest BCUT2D eigenvalue weighted by molar-refractivity contribution is -0.0426. The van der Waals surface area contributed by atoms with Crippen molar-refractivity contribution in [2.24, 2.45) is 40.4 Å². The SMILES string of the molecule is CCCNCC[C@@H](C)[C@H]1CC[C@H]2C3=CC[C@H]4C[C@@H](O)CC[C@]4(C)[C@H]3CC[C@]12C. The average molecular weight is 388 g/mol. The van der Waals surface area contributed by atoms with Crippen LogP contribution in [-0.2, 0) is 0 Å². The topological polar surface area (TPSA) is 32.3 Å². The van der Waals surface area contributed by atoms with Gasteiger partial charge in [0.25, 0.3) is 0 Å². The zero-order valence-corrected chi connectivity index (χ0v) is 19.0. The third-order valence-corrected chi connectivity index (χ3v) is 10.0. The Bertz CT molecular complexity index is 585. The van der Waals surface area contributed by atoms with E-state index in [1.165, 1.54) is 64.5 Å². The maximum Gasteiger partial charge on any atom is 0.0543 e. The summed E-state index contributed by atoms with van der Waals surface area (Å²) in [6, 6.07) is 0. The molecular weight excluding hydrogens is 342 g/mol. The summed E-state index contributed by atoms with van der Waals surface area (Å²) in [6.07, 6.45) is 15.5. The molecule has 2 heteroatoms. The molecule has 0 spiro atoms. The molecule has 160 valence electrons. The van der Waals surface area contributed by atoms with Gasteiger partial charge in [0.1, 0.15) is 0 Å². The second kappa shape index (κ2) is 8.06. The minimum absolute atomic E-state index is 0.0418. The predicted octanol–water partition coefficient (Wildman–Crippen LogP) is 5.95. The summed E-state index contributed by atoms with van der Waals surface area (Å²) in [5.74, 6) is 4.11. The molecule has 0 aromatic carbocycles. The molecule has 3 saturated carbocycles. The Labute approximate surface area is 173 Å². The van der Waals surface area contributed by atoms with Gasteiger partial charge in [0, 0.05) is 0 Å². The van der Waals surface area contributed by atoms with Crippen molar-refractivity contribution in [3.05, 3.63) is 11.6 Å². The van der Waals surface area contributed by atoms with Crippen LogP contribution in [0.5, 0.6) is 0 Å². The third kappa shape index (κ3) is 3.41. The van der Waals surface area contributed by atoms with Crippen LogP contribution in [0.4, 0.5) is 0 Å². The second-order valence-electron chi connectivity index (χ2n) is 11.4. The fourth-order valence-corrected chi connectivity index (χ4v) is 8.30. The normalized spacial score (nSPS) is 46.3. The van der Waals surface area contributed by atoms with Gasteiger partial charge in [0.05, 0.1) is 6.10 Å². The zero-order valence-electron chi connectivity index (χ0n) is 19.0. The molecule has 0 aromatic rings. The van der Waals surface area contributed by atoms with E-state index < -0.39 is 0 Å². The summed E-state index contributed by atoms with van der Waals surface area (Å²) in [5.41, 5.74) is 2.85. The fraction of sp³-hybridized carbons (Fsp3) is 0.923. The molecule has 0 unspecified atom stereocenters. The van der Waals surface area contributed by atoms with Gasteiger partial charge in [-0.1, -0.05) is 39.3 Å². The summed E-state index contributed by atoms with van der Waals surface area (Å²) in [7, 11) is 0. The van der Waals surface area contributed by atoms with Gasteiger partial charge in [-0.15, -0.1) is 0 Å². The maximum absolute atomic E-state index is 10.2. The van der Waals surface area contributed by atoms with Crippen molar-refractivity contribution in [2.45, 2.75) is 98.0 Å². The molecule has 2 N–H and O–H groups in total. The van der Waals surface area contributed by atoms with Crippen molar-refractivity contribution in [2.75, 3.05) is 13.1 Å². The molecular formula is C26H45NO. The largest absolute Gasteiger partial charge is 0.393 e. The first kappa shape index (κ1) is 20.9. The standard InChI is InChI=1S/C26H45NO/c1-5-15-27-16-12-18(2)22-8-9-23-21-7-6-19-17-20(28)10-13-25(19,3)24(21)11-14-26(22,23)4/h7,18-20,22-24,27-28H,5-6,8-17H2,1-4H3/t18-,19+,20+,22-,23+,24+,25+,26-/m1/s1. The number of hydrogen-bond acceptors (Lipinski definition) is 2. The first-order valence-corrected chi connectivity index (χ1v) is 12.5. The Morgan fingerprint density at radius 3 is 2.61 bits per heavy atom. The van der Waals surface area contributed by atoms with Crippen LogP contribution in [-0.4, -0.2) is 24.3 Å². The Morgan fingerprint density at radius 2 is 1.82 bits per heavy atom. The molecule has 0 amide bonds. The molecule has 0 aromatic heterocycles. The van der Waals surface area contributed by atoms with Gasteiger partial charge in [-0.3, -0.25) is 0 Å². The first-order chi connectivity index (χ1) is 13.4. The molecule has 3 fully saturated rings. The van der Waals surface area contributed by atoms with Crippen molar-refractivity contribution in [1.29, 1.82) is 0 Å². The van der Waals surface area contributed by atoms with Crippen LogP contribution < -0.4 is 5.32 Å². The Kier molecular flexibility index (Phi) is 6.02. The summed E-state index contributed by atoms with van der Waals surface area (Å²) in [5, 5.41) is 13.9. The highest BCUT2D eigenvalue weighted by atomic mass is 16.3. The minimum Gasteiger partial charge on any atom is -0.393 e. The van der Waals surface area contributed by atoms with Gasteiger partial charge >= 0.3 is 0 Å². The zero-order chi connectivity index (χ0) is 19.9. The van der Waals surface area contributed by atoms with E-state index in [0.29, 0.717) is 10.8 Å². The Hall–Kier alpha value is -0.340. The van der Waals surface area contributed by atoms with Gasteiger partial charge in [-0.05, 0) is 118 Å². The Morgan fingerprint density at radius 1 is 1.07 bits per heavy atom. The molecule has 0 saturated heterocycles. The summed E-state index contributed by atoms with van der Waals surface area (Å²) >= 11 is 0. The highest BCUT2D eigenvalue weighted by Gasteiger charge is 2.58. The van der Waals surface area contributed by atoms with Crippen LogP contribution in [0.3, 0.4) is 0 Å². The highest BCUT2D eigenvalue weighted by Crippen LogP contribution is 2.66. The lowest BCUT2D eigenvalue weighted by atomic mass is 9.47.